The maximum atomic E-state index is 12.1. The molecule has 1 amide bonds. The number of alkyl halides is 1. The van der Waals surface area contributed by atoms with Crippen LogP contribution < -0.4 is 5.32 Å². The molecule has 0 spiro atoms. The van der Waals surface area contributed by atoms with E-state index in [0.29, 0.717) is 16.4 Å². The van der Waals surface area contributed by atoms with E-state index in [1.807, 2.05) is 19.9 Å². The largest absolute Gasteiger partial charge is 0.350 e. The topological polar surface area (TPSA) is 46.9 Å². The third-order valence-electron chi connectivity index (χ3n) is 3.53. The Kier molecular flexibility index (Phi) is 4.43. The fourth-order valence-electron chi connectivity index (χ4n) is 2.51. The van der Waals surface area contributed by atoms with E-state index in [-0.39, 0.29) is 5.91 Å². The van der Waals surface area contributed by atoms with Gasteiger partial charge in [0, 0.05) is 17.9 Å². The van der Waals surface area contributed by atoms with Crippen LogP contribution in [0.3, 0.4) is 0 Å². The van der Waals surface area contributed by atoms with E-state index in [2.05, 4.69) is 26.3 Å². The molecular weight excluding hydrogens is 294 g/mol. The van der Waals surface area contributed by atoms with Crippen LogP contribution in [0.1, 0.15) is 42.4 Å². The summed E-state index contributed by atoms with van der Waals surface area (Å²) in [4.78, 5) is 12.7. The number of aryl methyl sites for hydroxylation is 2. The minimum atomic E-state index is -0.0101. The molecule has 2 atom stereocenters. The predicted molar refractivity (Wildman–Crippen MR) is 75.0 cm³/mol. The molecule has 1 aliphatic rings. The molecule has 0 radical (unpaired) electrons. The van der Waals surface area contributed by atoms with Gasteiger partial charge in [0.25, 0.3) is 5.91 Å². The van der Waals surface area contributed by atoms with E-state index in [9.17, 15) is 4.79 Å². The maximum absolute atomic E-state index is 12.1. The number of nitrogens with zero attached hydrogens (tertiary/aromatic N) is 2. The number of nitrogens with one attached hydrogen (secondary N) is 1. The highest BCUT2D eigenvalue weighted by Crippen LogP contribution is 2.30. The summed E-state index contributed by atoms with van der Waals surface area (Å²) in [5.41, 5.74) is 1.56. The predicted octanol–water partition coefficient (Wildman–Crippen LogP) is 2.50. The highest BCUT2D eigenvalue weighted by Gasteiger charge is 2.25. The van der Waals surface area contributed by atoms with Crippen molar-refractivity contribution in [2.45, 2.75) is 44.5 Å². The Morgan fingerprint density at radius 3 is 3.00 bits per heavy atom. The van der Waals surface area contributed by atoms with Gasteiger partial charge in [0.1, 0.15) is 5.69 Å². The summed E-state index contributed by atoms with van der Waals surface area (Å²) in [5.74, 6) is 0.553. The first-order valence-corrected chi connectivity index (χ1v) is 7.50. The van der Waals surface area contributed by atoms with Gasteiger partial charge in [-0.15, -0.1) is 0 Å². The van der Waals surface area contributed by atoms with Crippen molar-refractivity contribution in [3.63, 3.8) is 0 Å². The second-order valence-electron chi connectivity index (χ2n) is 4.90. The molecule has 1 heterocycles. The van der Waals surface area contributed by atoms with Gasteiger partial charge < -0.3 is 5.32 Å². The van der Waals surface area contributed by atoms with Crippen LogP contribution >= 0.6 is 15.9 Å². The molecule has 1 aliphatic carbocycles. The molecule has 1 aromatic rings. The van der Waals surface area contributed by atoms with Crippen LogP contribution in [0.2, 0.25) is 0 Å². The van der Waals surface area contributed by atoms with Crippen molar-refractivity contribution in [3.05, 3.63) is 17.5 Å². The average Bonchev–Trinajstić information content (AvgIpc) is 2.92. The summed E-state index contributed by atoms with van der Waals surface area (Å²) in [6, 6.07) is 1.85. The second-order valence-corrected chi connectivity index (χ2v) is 6.08. The molecule has 100 valence electrons. The normalized spacial score (nSPS) is 23.3. The molecular formula is C13H20BrN3O. The summed E-state index contributed by atoms with van der Waals surface area (Å²) in [7, 11) is 0. The first kappa shape index (κ1) is 13.6. The van der Waals surface area contributed by atoms with Crippen molar-refractivity contribution >= 4 is 21.8 Å². The molecule has 1 aromatic heterocycles. The number of rotatable bonds is 4. The van der Waals surface area contributed by atoms with Crippen molar-refractivity contribution in [2.24, 2.45) is 5.92 Å². The fourth-order valence-corrected chi connectivity index (χ4v) is 3.28. The molecule has 0 aliphatic heterocycles. The zero-order valence-electron chi connectivity index (χ0n) is 10.9. The molecule has 4 nitrogen and oxygen atoms in total. The Bertz CT molecular complexity index is 430. The zero-order valence-corrected chi connectivity index (χ0v) is 12.5. The monoisotopic (exact) mass is 313 g/mol. The van der Waals surface area contributed by atoms with E-state index in [0.717, 1.165) is 18.8 Å². The first-order chi connectivity index (χ1) is 8.61. The highest BCUT2D eigenvalue weighted by atomic mass is 79.9. The summed E-state index contributed by atoms with van der Waals surface area (Å²) in [6.07, 6.45) is 3.66. The third-order valence-corrected chi connectivity index (χ3v) is 4.73. The second kappa shape index (κ2) is 5.87. The van der Waals surface area contributed by atoms with Crippen molar-refractivity contribution in [2.75, 3.05) is 6.54 Å². The number of hydrogen-bond donors (Lipinski definition) is 1. The quantitative estimate of drug-likeness (QED) is 0.868. The van der Waals surface area contributed by atoms with Crippen molar-refractivity contribution < 1.29 is 4.79 Å². The highest BCUT2D eigenvalue weighted by molar-refractivity contribution is 9.09. The number of hydrogen-bond acceptors (Lipinski definition) is 2. The van der Waals surface area contributed by atoms with Gasteiger partial charge in [0.05, 0.1) is 5.69 Å². The molecule has 5 heteroatoms. The van der Waals surface area contributed by atoms with Gasteiger partial charge >= 0.3 is 0 Å². The molecule has 1 N–H and O–H groups in total. The van der Waals surface area contributed by atoms with Crippen molar-refractivity contribution in [1.82, 2.24) is 15.1 Å². The number of aromatic nitrogens is 2. The molecule has 0 aromatic carbocycles. The molecule has 0 bridgehead atoms. The molecule has 0 saturated heterocycles. The number of carbonyl (C=O) groups is 1. The lowest BCUT2D eigenvalue weighted by Gasteiger charge is -2.14. The standard InChI is InChI=1S/C13H20BrN3O/c1-3-17-12(7-9(2)16-17)13(18)15-8-10-5-4-6-11(10)14/h7,10-11H,3-6,8H2,1-2H3,(H,15,18). The maximum Gasteiger partial charge on any atom is 0.269 e. The summed E-state index contributed by atoms with van der Waals surface area (Å²) in [6.45, 7) is 5.38. The van der Waals surface area contributed by atoms with Gasteiger partial charge in [0.15, 0.2) is 0 Å². The van der Waals surface area contributed by atoms with Gasteiger partial charge in [-0.05, 0) is 38.7 Å². The van der Waals surface area contributed by atoms with Crippen LogP contribution in [-0.4, -0.2) is 27.1 Å². The molecule has 2 rings (SSSR count). The zero-order chi connectivity index (χ0) is 13.1. The lowest BCUT2D eigenvalue weighted by molar-refractivity contribution is 0.0937. The fraction of sp³-hybridized carbons (Fsp3) is 0.692. The molecule has 1 saturated carbocycles. The van der Waals surface area contributed by atoms with Crippen LogP contribution in [0.4, 0.5) is 0 Å². The van der Waals surface area contributed by atoms with Gasteiger partial charge in [0.2, 0.25) is 0 Å². The summed E-state index contributed by atoms with van der Waals surface area (Å²) in [5, 5.41) is 7.32. The van der Waals surface area contributed by atoms with E-state index in [1.165, 1.54) is 19.3 Å². The molecule has 2 unspecified atom stereocenters. The van der Waals surface area contributed by atoms with Crippen LogP contribution in [0.5, 0.6) is 0 Å². The number of amides is 1. The Labute approximate surface area is 116 Å². The van der Waals surface area contributed by atoms with Crippen LogP contribution in [0.25, 0.3) is 0 Å². The van der Waals surface area contributed by atoms with Crippen LogP contribution in [0, 0.1) is 12.8 Å². The van der Waals surface area contributed by atoms with E-state index < -0.39 is 0 Å². The molecule has 18 heavy (non-hydrogen) atoms. The van der Waals surface area contributed by atoms with Gasteiger partial charge in [-0.2, -0.15) is 5.10 Å². The van der Waals surface area contributed by atoms with E-state index in [1.54, 1.807) is 4.68 Å². The van der Waals surface area contributed by atoms with Crippen LogP contribution in [-0.2, 0) is 6.54 Å². The Hall–Kier alpha value is -0.840. The smallest absolute Gasteiger partial charge is 0.269 e. The minimum Gasteiger partial charge on any atom is -0.350 e. The Balaban J connectivity index is 1.94. The number of carbonyl (C=O) groups excluding carboxylic acids is 1. The van der Waals surface area contributed by atoms with E-state index in [4.69, 9.17) is 0 Å². The summed E-state index contributed by atoms with van der Waals surface area (Å²) < 4.78 is 1.75. The third kappa shape index (κ3) is 2.94. The average molecular weight is 314 g/mol. The molecule has 1 fully saturated rings. The minimum absolute atomic E-state index is 0.0101. The lowest BCUT2D eigenvalue weighted by Crippen LogP contribution is -2.32. The SMILES string of the molecule is CCn1nc(C)cc1C(=O)NCC1CCCC1Br. The van der Waals surface area contributed by atoms with Gasteiger partial charge in [-0.3, -0.25) is 9.48 Å². The Morgan fingerprint density at radius 2 is 2.39 bits per heavy atom. The van der Waals surface area contributed by atoms with Crippen molar-refractivity contribution in [1.29, 1.82) is 0 Å². The van der Waals surface area contributed by atoms with Gasteiger partial charge in [-0.25, -0.2) is 0 Å². The summed E-state index contributed by atoms with van der Waals surface area (Å²) >= 11 is 3.67. The van der Waals surface area contributed by atoms with Crippen molar-refractivity contribution in [3.8, 4) is 0 Å². The lowest BCUT2D eigenvalue weighted by atomic mass is 10.1. The number of halogens is 1. The first-order valence-electron chi connectivity index (χ1n) is 6.58. The Morgan fingerprint density at radius 1 is 1.61 bits per heavy atom. The van der Waals surface area contributed by atoms with Crippen LogP contribution in [0.15, 0.2) is 6.07 Å². The van der Waals surface area contributed by atoms with E-state index >= 15 is 0 Å². The van der Waals surface area contributed by atoms with Gasteiger partial charge in [-0.1, -0.05) is 22.4 Å².